The number of aromatic nitrogens is 3. The Morgan fingerprint density at radius 1 is 1.58 bits per heavy atom. The monoisotopic (exact) mass is 275 g/mol. The van der Waals surface area contributed by atoms with Crippen molar-refractivity contribution in [3.05, 3.63) is 22.2 Å². The van der Waals surface area contributed by atoms with Gasteiger partial charge in [-0.05, 0) is 6.07 Å². The molecule has 0 unspecified atom stereocenters. The molecule has 2 heterocycles. The molecule has 0 bridgehead atoms. The van der Waals surface area contributed by atoms with Crippen molar-refractivity contribution in [1.29, 1.82) is 0 Å². The van der Waals surface area contributed by atoms with E-state index in [0.29, 0.717) is 0 Å². The topological polar surface area (TPSA) is 39.4 Å². The lowest BCUT2D eigenvalue weighted by Crippen LogP contribution is -1.88. The summed E-state index contributed by atoms with van der Waals surface area (Å²) in [4.78, 5) is 4.18. The van der Waals surface area contributed by atoms with Gasteiger partial charge in [-0.25, -0.2) is 9.50 Å². The first kappa shape index (κ1) is 7.78. The molecule has 0 atom stereocenters. The zero-order valence-corrected chi connectivity index (χ0v) is 8.52. The van der Waals surface area contributed by atoms with E-state index in [4.69, 9.17) is 4.74 Å². The van der Waals surface area contributed by atoms with E-state index in [9.17, 15) is 0 Å². The van der Waals surface area contributed by atoms with Gasteiger partial charge >= 0.3 is 0 Å². The van der Waals surface area contributed by atoms with Crippen LogP contribution in [0.3, 0.4) is 0 Å². The zero-order valence-electron chi connectivity index (χ0n) is 6.36. The van der Waals surface area contributed by atoms with Gasteiger partial charge in [0, 0.05) is 34.9 Å². The van der Waals surface area contributed by atoms with E-state index in [1.54, 1.807) is 11.6 Å². The standard InChI is InChI=1S/C7H6IN3O/c1-12-5-2-3-11-6(4-5)9-7(8)10-11/h2-4H,1H3. The molecule has 0 amide bonds. The average molecular weight is 275 g/mol. The highest BCUT2D eigenvalue weighted by molar-refractivity contribution is 14.1. The van der Waals surface area contributed by atoms with E-state index in [1.165, 1.54) is 0 Å². The fourth-order valence-corrected chi connectivity index (χ4v) is 1.44. The van der Waals surface area contributed by atoms with Crippen LogP contribution in [0.15, 0.2) is 18.3 Å². The smallest absolute Gasteiger partial charge is 0.212 e. The van der Waals surface area contributed by atoms with Crippen molar-refractivity contribution in [3.63, 3.8) is 0 Å². The Balaban J connectivity index is 2.66. The number of rotatable bonds is 1. The second-order valence-corrected chi connectivity index (χ2v) is 3.22. The van der Waals surface area contributed by atoms with Crippen LogP contribution in [0, 0.1) is 3.83 Å². The number of fused-ring (bicyclic) bond motifs is 1. The maximum Gasteiger partial charge on any atom is 0.212 e. The third kappa shape index (κ3) is 1.24. The van der Waals surface area contributed by atoms with Crippen LogP contribution in [-0.2, 0) is 0 Å². The first-order chi connectivity index (χ1) is 5.79. The summed E-state index contributed by atoms with van der Waals surface area (Å²) in [5.74, 6) is 0.798. The minimum absolute atomic E-state index is 0.737. The molecule has 0 N–H and O–H groups in total. The van der Waals surface area contributed by atoms with Crippen molar-refractivity contribution >= 4 is 28.2 Å². The lowest BCUT2D eigenvalue weighted by molar-refractivity contribution is 0.414. The van der Waals surface area contributed by atoms with Gasteiger partial charge in [-0.1, -0.05) is 0 Å². The molecule has 4 nitrogen and oxygen atoms in total. The van der Waals surface area contributed by atoms with E-state index in [-0.39, 0.29) is 0 Å². The Morgan fingerprint density at radius 3 is 3.17 bits per heavy atom. The van der Waals surface area contributed by atoms with Crippen molar-refractivity contribution < 1.29 is 4.74 Å². The predicted octanol–water partition coefficient (Wildman–Crippen LogP) is 1.34. The average Bonchev–Trinajstić information content (AvgIpc) is 2.43. The van der Waals surface area contributed by atoms with Crippen LogP contribution in [0.2, 0.25) is 0 Å². The van der Waals surface area contributed by atoms with Gasteiger partial charge in [-0.3, -0.25) is 0 Å². The maximum absolute atomic E-state index is 5.05. The molecule has 62 valence electrons. The van der Waals surface area contributed by atoms with Gasteiger partial charge in [0.2, 0.25) is 3.83 Å². The molecular weight excluding hydrogens is 269 g/mol. The molecule has 0 aromatic carbocycles. The van der Waals surface area contributed by atoms with Crippen LogP contribution in [-0.4, -0.2) is 21.7 Å². The number of ether oxygens (including phenoxy) is 1. The quantitative estimate of drug-likeness (QED) is 0.737. The van der Waals surface area contributed by atoms with Gasteiger partial charge in [0.15, 0.2) is 5.65 Å². The molecule has 0 aliphatic carbocycles. The molecule has 0 aliphatic rings. The van der Waals surface area contributed by atoms with Gasteiger partial charge in [0.25, 0.3) is 0 Å². The molecule has 0 fully saturated rings. The SMILES string of the molecule is COc1ccn2nc(I)nc2c1. The third-order valence-corrected chi connectivity index (χ3v) is 1.98. The molecule has 12 heavy (non-hydrogen) atoms. The summed E-state index contributed by atoms with van der Waals surface area (Å²) in [6.45, 7) is 0. The minimum Gasteiger partial charge on any atom is -0.497 e. The third-order valence-electron chi connectivity index (χ3n) is 1.52. The second-order valence-electron chi connectivity index (χ2n) is 2.25. The number of halogens is 1. The van der Waals surface area contributed by atoms with Gasteiger partial charge in [0.1, 0.15) is 5.75 Å². The van der Waals surface area contributed by atoms with Crippen molar-refractivity contribution in [3.8, 4) is 5.75 Å². The number of hydrogen-bond donors (Lipinski definition) is 0. The van der Waals surface area contributed by atoms with Gasteiger partial charge in [-0.2, -0.15) is 0 Å². The van der Waals surface area contributed by atoms with Crippen LogP contribution in [0.5, 0.6) is 5.75 Å². The van der Waals surface area contributed by atoms with Crippen LogP contribution >= 0.6 is 22.6 Å². The molecule has 2 aromatic rings. The van der Waals surface area contributed by atoms with Gasteiger partial charge < -0.3 is 4.74 Å². The highest BCUT2D eigenvalue weighted by atomic mass is 127. The fraction of sp³-hybridized carbons (Fsp3) is 0.143. The van der Waals surface area contributed by atoms with Crippen LogP contribution in [0.25, 0.3) is 5.65 Å². The van der Waals surface area contributed by atoms with Gasteiger partial charge in [-0.15, -0.1) is 5.10 Å². The Hall–Kier alpha value is -0.850. The summed E-state index contributed by atoms with van der Waals surface area (Å²) in [6.07, 6.45) is 1.82. The highest BCUT2D eigenvalue weighted by Gasteiger charge is 2.00. The van der Waals surface area contributed by atoms with Crippen LogP contribution in [0.4, 0.5) is 0 Å². The first-order valence-corrected chi connectivity index (χ1v) is 4.43. The molecule has 0 aliphatic heterocycles. The molecular formula is C7H6IN3O. The number of nitrogens with zero attached hydrogens (tertiary/aromatic N) is 3. The maximum atomic E-state index is 5.05. The fourth-order valence-electron chi connectivity index (χ4n) is 0.963. The highest BCUT2D eigenvalue weighted by Crippen LogP contribution is 2.12. The van der Waals surface area contributed by atoms with E-state index in [0.717, 1.165) is 15.2 Å². The lowest BCUT2D eigenvalue weighted by Gasteiger charge is -1.97. The Bertz CT molecular complexity index is 412. The normalized spacial score (nSPS) is 10.5. The Kier molecular flexibility index (Phi) is 1.87. The van der Waals surface area contributed by atoms with Crippen molar-refractivity contribution in [1.82, 2.24) is 14.6 Å². The van der Waals surface area contributed by atoms with Crippen LogP contribution in [0.1, 0.15) is 0 Å². The first-order valence-electron chi connectivity index (χ1n) is 3.35. The number of methoxy groups -OCH3 is 1. The summed E-state index contributed by atoms with van der Waals surface area (Å²) >= 11 is 2.07. The molecule has 0 radical (unpaired) electrons. The summed E-state index contributed by atoms with van der Waals surface area (Å²) < 4.78 is 7.50. The molecule has 0 saturated carbocycles. The largest absolute Gasteiger partial charge is 0.497 e. The van der Waals surface area contributed by atoms with Gasteiger partial charge in [0.05, 0.1) is 7.11 Å². The summed E-state index contributed by atoms with van der Waals surface area (Å²) in [7, 11) is 1.63. The molecule has 2 aromatic heterocycles. The molecule has 2 rings (SSSR count). The Labute approximate surface area is 82.7 Å². The summed E-state index contributed by atoms with van der Waals surface area (Å²) in [5.41, 5.74) is 0.804. The van der Waals surface area contributed by atoms with E-state index >= 15 is 0 Å². The predicted molar refractivity (Wildman–Crippen MR) is 52.3 cm³/mol. The Morgan fingerprint density at radius 2 is 2.42 bits per heavy atom. The number of pyridine rings is 1. The summed E-state index contributed by atoms with van der Waals surface area (Å²) in [5, 5.41) is 4.13. The zero-order chi connectivity index (χ0) is 8.55. The van der Waals surface area contributed by atoms with Crippen molar-refractivity contribution in [2.75, 3.05) is 7.11 Å². The molecule has 0 saturated heterocycles. The lowest BCUT2D eigenvalue weighted by atomic mass is 10.4. The second kappa shape index (κ2) is 2.89. The minimum atomic E-state index is 0.737. The number of hydrogen-bond acceptors (Lipinski definition) is 3. The summed E-state index contributed by atoms with van der Waals surface area (Å²) in [6, 6.07) is 3.69. The molecule has 0 spiro atoms. The van der Waals surface area contributed by atoms with Crippen LogP contribution < -0.4 is 4.74 Å². The van der Waals surface area contributed by atoms with Crippen molar-refractivity contribution in [2.24, 2.45) is 0 Å². The van der Waals surface area contributed by atoms with E-state index < -0.39 is 0 Å². The van der Waals surface area contributed by atoms with E-state index in [2.05, 4.69) is 32.7 Å². The molecule has 5 heteroatoms. The van der Waals surface area contributed by atoms with E-state index in [1.807, 2.05) is 18.3 Å². The van der Waals surface area contributed by atoms with Crippen molar-refractivity contribution in [2.45, 2.75) is 0 Å².